The largest absolute Gasteiger partial charge is 0.376 e. The second kappa shape index (κ2) is 5.93. The molecule has 0 radical (unpaired) electrons. The number of fused-ring (bicyclic) bond motifs is 1. The zero-order valence-electron chi connectivity index (χ0n) is 14.0. The fourth-order valence-electron chi connectivity index (χ4n) is 4.74. The molecule has 0 bridgehead atoms. The Balaban J connectivity index is 1.50. The topological polar surface area (TPSA) is 56.1 Å². The lowest BCUT2D eigenvalue weighted by Crippen LogP contribution is -2.51. The highest BCUT2D eigenvalue weighted by Crippen LogP contribution is 2.40. The molecule has 4 rings (SSSR count). The molecule has 1 amide bonds. The average molecular weight is 317 g/mol. The van der Waals surface area contributed by atoms with Crippen LogP contribution in [0.1, 0.15) is 80.0 Å². The summed E-state index contributed by atoms with van der Waals surface area (Å²) < 4.78 is 7.89. The van der Waals surface area contributed by atoms with E-state index >= 15 is 0 Å². The summed E-state index contributed by atoms with van der Waals surface area (Å²) in [6.45, 7) is 2.83. The van der Waals surface area contributed by atoms with Crippen molar-refractivity contribution in [2.24, 2.45) is 0 Å². The normalized spacial score (nSPS) is 31.3. The van der Waals surface area contributed by atoms with Gasteiger partial charge < -0.3 is 10.1 Å². The van der Waals surface area contributed by atoms with E-state index in [1.54, 1.807) is 0 Å². The van der Waals surface area contributed by atoms with Gasteiger partial charge in [0.25, 0.3) is 5.91 Å². The Kier molecular flexibility index (Phi) is 3.92. The molecule has 5 heteroatoms. The standard InChI is InChI=1S/C18H27N3O2/c1-13-12-15(20-21(13)14-6-3-2-4-7-14)17(22)19-18-9-5-8-16(18)23-11-10-18/h12,14,16H,2-11H2,1H3,(H,19,22)/t16-,18+/m1/s1. The van der Waals surface area contributed by atoms with E-state index in [-0.39, 0.29) is 17.6 Å². The maximum Gasteiger partial charge on any atom is 0.272 e. The number of ether oxygens (including phenoxy) is 1. The highest BCUT2D eigenvalue weighted by atomic mass is 16.5. The van der Waals surface area contributed by atoms with E-state index in [1.165, 1.54) is 32.1 Å². The molecule has 2 saturated carbocycles. The number of rotatable bonds is 3. The monoisotopic (exact) mass is 317 g/mol. The third-order valence-corrected chi connectivity index (χ3v) is 6.01. The molecule has 1 aliphatic heterocycles. The van der Waals surface area contributed by atoms with Crippen LogP contribution in [0.4, 0.5) is 0 Å². The Morgan fingerprint density at radius 1 is 1.26 bits per heavy atom. The zero-order valence-corrected chi connectivity index (χ0v) is 14.0. The van der Waals surface area contributed by atoms with Crippen molar-refractivity contribution in [3.63, 3.8) is 0 Å². The van der Waals surface area contributed by atoms with Crippen LogP contribution in [0.25, 0.3) is 0 Å². The Bertz CT molecular complexity index is 579. The highest BCUT2D eigenvalue weighted by Gasteiger charge is 2.48. The van der Waals surface area contributed by atoms with E-state index in [1.807, 2.05) is 6.07 Å². The third kappa shape index (κ3) is 2.69. The third-order valence-electron chi connectivity index (χ3n) is 6.01. The van der Waals surface area contributed by atoms with Crippen LogP contribution >= 0.6 is 0 Å². The Morgan fingerprint density at radius 2 is 2.09 bits per heavy atom. The van der Waals surface area contributed by atoms with Crippen LogP contribution in [0.5, 0.6) is 0 Å². The van der Waals surface area contributed by atoms with Gasteiger partial charge in [-0.15, -0.1) is 0 Å². The van der Waals surface area contributed by atoms with Gasteiger partial charge in [0, 0.05) is 12.3 Å². The van der Waals surface area contributed by atoms with Crippen LogP contribution in [0.3, 0.4) is 0 Å². The van der Waals surface area contributed by atoms with Crippen molar-refractivity contribution in [3.05, 3.63) is 17.5 Å². The lowest BCUT2D eigenvalue weighted by molar-refractivity contribution is 0.0714. The van der Waals surface area contributed by atoms with E-state index in [4.69, 9.17) is 4.74 Å². The van der Waals surface area contributed by atoms with Crippen molar-refractivity contribution in [3.8, 4) is 0 Å². The van der Waals surface area contributed by atoms with E-state index in [2.05, 4.69) is 22.0 Å². The molecule has 2 heterocycles. The molecule has 0 spiro atoms. The van der Waals surface area contributed by atoms with Gasteiger partial charge in [-0.2, -0.15) is 5.10 Å². The van der Waals surface area contributed by atoms with Gasteiger partial charge in [-0.1, -0.05) is 19.3 Å². The molecule has 0 unspecified atom stereocenters. The number of aryl methyl sites for hydroxylation is 1. The SMILES string of the molecule is Cc1cc(C(=O)N[C@]23CCC[C@H]2OCC3)nn1C1CCCCC1. The number of carbonyl (C=O) groups is 1. The number of amides is 1. The van der Waals surface area contributed by atoms with Crippen molar-refractivity contribution in [1.82, 2.24) is 15.1 Å². The molecule has 2 atom stereocenters. The van der Waals surface area contributed by atoms with Crippen LogP contribution < -0.4 is 5.32 Å². The molecule has 1 saturated heterocycles. The van der Waals surface area contributed by atoms with E-state index in [9.17, 15) is 4.79 Å². The fourth-order valence-corrected chi connectivity index (χ4v) is 4.74. The van der Waals surface area contributed by atoms with Gasteiger partial charge in [-0.05, 0) is 51.5 Å². The number of hydrogen-bond donors (Lipinski definition) is 1. The van der Waals surface area contributed by atoms with Crippen LogP contribution in [0.15, 0.2) is 6.07 Å². The minimum Gasteiger partial charge on any atom is -0.376 e. The van der Waals surface area contributed by atoms with Gasteiger partial charge in [0.2, 0.25) is 0 Å². The first-order valence-electron chi connectivity index (χ1n) is 9.18. The number of hydrogen-bond acceptors (Lipinski definition) is 3. The fraction of sp³-hybridized carbons (Fsp3) is 0.778. The van der Waals surface area contributed by atoms with Gasteiger partial charge in [-0.3, -0.25) is 9.48 Å². The maximum atomic E-state index is 12.7. The zero-order chi connectivity index (χ0) is 15.9. The van der Waals surface area contributed by atoms with E-state index in [0.29, 0.717) is 11.7 Å². The van der Waals surface area contributed by atoms with Crippen molar-refractivity contribution < 1.29 is 9.53 Å². The molecule has 0 aromatic carbocycles. The summed E-state index contributed by atoms with van der Waals surface area (Å²) in [5, 5.41) is 7.92. The summed E-state index contributed by atoms with van der Waals surface area (Å²) in [6, 6.07) is 2.41. The Labute approximate surface area is 137 Å². The second-order valence-corrected chi connectivity index (χ2v) is 7.52. The molecular formula is C18H27N3O2. The smallest absolute Gasteiger partial charge is 0.272 e. The molecule has 126 valence electrons. The molecule has 3 aliphatic rings. The van der Waals surface area contributed by atoms with Gasteiger partial charge in [0.05, 0.1) is 17.7 Å². The minimum atomic E-state index is -0.139. The first-order chi connectivity index (χ1) is 11.2. The second-order valence-electron chi connectivity index (χ2n) is 7.52. The van der Waals surface area contributed by atoms with Gasteiger partial charge in [0.1, 0.15) is 5.69 Å². The lowest BCUT2D eigenvalue weighted by Gasteiger charge is -2.28. The van der Waals surface area contributed by atoms with E-state index in [0.717, 1.165) is 38.0 Å². The van der Waals surface area contributed by atoms with E-state index < -0.39 is 0 Å². The maximum absolute atomic E-state index is 12.7. The van der Waals surface area contributed by atoms with Crippen molar-refractivity contribution in [1.29, 1.82) is 0 Å². The van der Waals surface area contributed by atoms with Gasteiger partial charge in [0.15, 0.2) is 0 Å². The van der Waals surface area contributed by atoms with Crippen molar-refractivity contribution >= 4 is 5.91 Å². The average Bonchev–Trinajstić information content (AvgIpc) is 3.21. The summed E-state index contributed by atoms with van der Waals surface area (Å²) >= 11 is 0. The Hall–Kier alpha value is -1.36. The quantitative estimate of drug-likeness (QED) is 0.932. The number of aromatic nitrogens is 2. The predicted molar refractivity (Wildman–Crippen MR) is 87.5 cm³/mol. The van der Waals surface area contributed by atoms with Crippen molar-refractivity contribution in [2.45, 2.75) is 82.4 Å². The van der Waals surface area contributed by atoms with Crippen LogP contribution in [0.2, 0.25) is 0 Å². The first-order valence-corrected chi connectivity index (χ1v) is 9.18. The lowest BCUT2D eigenvalue weighted by atomic mass is 9.93. The summed E-state index contributed by atoms with van der Waals surface area (Å²) in [6.07, 6.45) is 10.6. The molecule has 1 aromatic rings. The van der Waals surface area contributed by atoms with Gasteiger partial charge >= 0.3 is 0 Å². The Morgan fingerprint density at radius 3 is 2.91 bits per heavy atom. The summed E-state index contributed by atoms with van der Waals surface area (Å²) in [4.78, 5) is 12.7. The predicted octanol–water partition coefficient (Wildman–Crippen LogP) is 3.14. The molecular weight excluding hydrogens is 290 g/mol. The van der Waals surface area contributed by atoms with Crippen molar-refractivity contribution in [2.75, 3.05) is 6.61 Å². The molecule has 1 aromatic heterocycles. The number of nitrogens with one attached hydrogen (secondary N) is 1. The number of nitrogens with zero attached hydrogens (tertiary/aromatic N) is 2. The molecule has 3 fully saturated rings. The molecule has 2 aliphatic carbocycles. The molecule has 1 N–H and O–H groups in total. The molecule has 5 nitrogen and oxygen atoms in total. The van der Waals surface area contributed by atoms with Crippen LogP contribution in [-0.2, 0) is 4.74 Å². The minimum absolute atomic E-state index is 0.0277. The summed E-state index contributed by atoms with van der Waals surface area (Å²) in [5.74, 6) is -0.0277. The molecule has 23 heavy (non-hydrogen) atoms. The number of carbonyl (C=O) groups excluding carboxylic acids is 1. The van der Waals surface area contributed by atoms with Crippen LogP contribution in [0, 0.1) is 6.92 Å². The van der Waals surface area contributed by atoms with Gasteiger partial charge in [-0.25, -0.2) is 0 Å². The first kappa shape index (κ1) is 15.2. The van der Waals surface area contributed by atoms with Crippen LogP contribution in [-0.4, -0.2) is 33.9 Å². The highest BCUT2D eigenvalue weighted by molar-refractivity contribution is 5.93. The summed E-state index contributed by atoms with van der Waals surface area (Å²) in [7, 11) is 0. The summed E-state index contributed by atoms with van der Waals surface area (Å²) in [5.41, 5.74) is 1.53.